The summed E-state index contributed by atoms with van der Waals surface area (Å²) in [4.78, 5) is 5.49. The molecule has 2 bridgehead atoms. The lowest BCUT2D eigenvalue weighted by Crippen LogP contribution is -2.67. The van der Waals surface area contributed by atoms with Crippen LogP contribution in [-0.2, 0) is 0 Å². The third-order valence-corrected chi connectivity index (χ3v) is 6.34. The second-order valence-electron chi connectivity index (χ2n) is 7.57. The molecular weight excluding hydrogens is 258 g/mol. The van der Waals surface area contributed by atoms with Crippen LogP contribution in [0.2, 0.25) is 0 Å². The van der Waals surface area contributed by atoms with Crippen LogP contribution in [-0.4, -0.2) is 61.2 Å². The summed E-state index contributed by atoms with van der Waals surface area (Å²) in [5.41, 5.74) is 0. The van der Waals surface area contributed by atoms with E-state index in [-0.39, 0.29) is 0 Å². The van der Waals surface area contributed by atoms with Crippen LogP contribution in [0.5, 0.6) is 0 Å². The first kappa shape index (κ1) is 15.8. The van der Waals surface area contributed by atoms with Crippen molar-refractivity contribution in [1.29, 1.82) is 0 Å². The van der Waals surface area contributed by atoms with Gasteiger partial charge in [-0.05, 0) is 37.6 Å². The second kappa shape index (κ2) is 7.43. The average molecular weight is 293 g/mol. The minimum absolute atomic E-state index is 0.742. The predicted octanol–water partition coefficient (Wildman–Crippen LogP) is 2.57. The van der Waals surface area contributed by atoms with Crippen LogP contribution in [0.4, 0.5) is 0 Å². The monoisotopic (exact) mass is 293 g/mol. The number of nitrogens with zero attached hydrogens (tertiary/aromatic N) is 2. The Morgan fingerprint density at radius 3 is 2.24 bits per heavy atom. The molecule has 2 unspecified atom stereocenters. The normalized spacial score (nSPS) is 41.1. The van der Waals surface area contributed by atoms with Gasteiger partial charge >= 0.3 is 0 Å². The predicted molar refractivity (Wildman–Crippen MR) is 89.6 cm³/mol. The molecule has 0 aromatic heterocycles. The van der Waals surface area contributed by atoms with E-state index < -0.39 is 0 Å². The first-order chi connectivity index (χ1) is 10.3. The highest BCUT2D eigenvalue weighted by Gasteiger charge is 2.40. The van der Waals surface area contributed by atoms with Crippen molar-refractivity contribution < 1.29 is 0 Å². The molecule has 0 amide bonds. The molecule has 122 valence electrons. The zero-order valence-electron chi connectivity index (χ0n) is 14.2. The van der Waals surface area contributed by atoms with Gasteiger partial charge in [0, 0.05) is 44.8 Å². The van der Waals surface area contributed by atoms with Gasteiger partial charge in [0.1, 0.15) is 0 Å². The second-order valence-corrected chi connectivity index (χ2v) is 7.57. The fourth-order valence-electron chi connectivity index (χ4n) is 4.88. The first-order valence-corrected chi connectivity index (χ1v) is 9.51. The maximum atomic E-state index is 3.96. The summed E-state index contributed by atoms with van der Waals surface area (Å²) >= 11 is 0. The molecule has 1 saturated carbocycles. The molecule has 0 aromatic rings. The summed E-state index contributed by atoms with van der Waals surface area (Å²) in [6, 6.07) is 1.52. The smallest absolute Gasteiger partial charge is 0.0380 e. The molecule has 4 aliphatic rings. The zero-order chi connectivity index (χ0) is 14.7. The number of piperazine rings is 3. The van der Waals surface area contributed by atoms with E-state index >= 15 is 0 Å². The Bertz CT molecular complexity index is 304. The summed E-state index contributed by atoms with van der Waals surface area (Å²) < 4.78 is 0. The zero-order valence-corrected chi connectivity index (χ0v) is 14.2. The molecule has 4 fully saturated rings. The lowest BCUT2D eigenvalue weighted by molar-refractivity contribution is -0.0178. The largest absolute Gasteiger partial charge is 0.312 e. The van der Waals surface area contributed by atoms with Crippen molar-refractivity contribution in [3.8, 4) is 0 Å². The lowest BCUT2D eigenvalue weighted by atomic mass is 9.75. The van der Waals surface area contributed by atoms with Crippen LogP contribution < -0.4 is 5.32 Å². The van der Waals surface area contributed by atoms with Crippen LogP contribution in [0.1, 0.15) is 52.4 Å². The Morgan fingerprint density at radius 1 is 1.00 bits per heavy atom. The summed E-state index contributed by atoms with van der Waals surface area (Å²) in [6.45, 7) is 12.4. The standard InChI is InChI=1S/C18H35N3/c1-3-9-19-18(16-7-5-15(4-2)6-8-16)17-14-20-10-12-21(17)13-11-20/h15-19H,3-14H2,1-2H3. The molecular formula is C18H35N3. The minimum Gasteiger partial charge on any atom is -0.312 e. The van der Waals surface area contributed by atoms with Gasteiger partial charge in [0.2, 0.25) is 0 Å². The van der Waals surface area contributed by atoms with Gasteiger partial charge in [-0.15, -0.1) is 0 Å². The van der Waals surface area contributed by atoms with E-state index in [0.717, 1.165) is 23.9 Å². The highest BCUT2D eigenvalue weighted by molar-refractivity contribution is 4.98. The molecule has 3 heteroatoms. The van der Waals surface area contributed by atoms with Crippen LogP contribution in [0.15, 0.2) is 0 Å². The van der Waals surface area contributed by atoms with Gasteiger partial charge in [0.05, 0.1) is 0 Å². The van der Waals surface area contributed by atoms with E-state index in [0.29, 0.717) is 0 Å². The van der Waals surface area contributed by atoms with Crippen molar-refractivity contribution in [2.24, 2.45) is 11.8 Å². The first-order valence-electron chi connectivity index (χ1n) is 9.51. The maximum absolute atomic E-state index is 3.96. The van der Waals surface area contributed by atoms with E-state index in [2.05, 4.69) is 29.0 Å². The Labute approximate surface area is 131 Å². The van der Waals surface area contributed by atoms with Crippen molar-refractivity contribution in [3.05, 3.63) is 0 Å². The quantitative estimate of drug-likeness (QED) is 0.812. The number of hydrogen-bond acceptors (Lipinski definition) is 3. The SMILES string of the molecule is CCCNC(C1CCC(CC)CC1)C1CN2CCN1CC2. The highest BCUT2D eigenvalue weighted by Crippen LogP contribution is 2.35. The van der Waals surface area contributed by atoms with Crippen molar-refractivity contribution in [2.75, 3.05) is 39.3 Å². The van der Waals surface area contributed by atoms with Crippen LogP contribution >= 0.6 is 0 Å². The molecule has 21 heavy (non-hydrogen) atoms. The minimum atomic E-state index is 0.742. The number of nitrogens with one attached hydrogen (secondary N) is 1. The van der Waals surface area contributed by atoms with Gasteiger partial charge in [0.25, 0.3) is 0 Å². The van der Waals surface area contributed by atoms with Gasteiger partial charge in [0.15, 0.2) is 0 Å². The third kappa shape index (κ3) is 3.62. The van der Waals surface area contributed by atoms with Gasteiger partial charge in [-0.3, -0.25) is 9.80 Å². The van der Waals surface area contributed by atoms with Crippen LogP contribution in [0.3, 0.4) is 0 Å². The molecule has 3 saturated heterocycles. The third-order valence-electron chi connectivity index (χ3n) is 6.34. The van der Waals surface area contributed by atoms with E-state index in [4.69, 9.17) is 0 Å². The van der Waals surface area contributed by atoms with Crippen molar-refractivity contribution in [1.82, 2.24) is 15.1 Å². The number of hydrogen-bond donors (Lipinski definition) is 1. The molecule has 3 aliphatic heterocycles. The molecule has 0 radical (unpaired) electrons. The average Bonchev–Trinajstić information content (AvgIpc) is 2.57. The summed E-state index contributed by atoms with van der Waals surface area (Å²) in [6.07, 6.45) is 8.53. The highest BCUT2D eigenvalue weighted by atomic mass is 15.4. The topological polar surface area (TPSA) is 18.5 Å². The van der Waals surface area contributed by atoms with Gasteiger partial charge in [-0.1, -0.05) is 33.1 Å². The Balaban J connectivity index is 1.63. The Morgan fingerprint density at radius 2 is 1.71 bits per heavy atom. The molecule has 0 spiro atoms. The fourth-order valence-corrected chi connectivity index (χ4v) is 4.88. The molecule has 1 N–H and O–H groups in total. The summed E-state index contributed by atoms with van der Waals surface area (Å²) in [5, 5.41) is 3.96. The number of fused-ring (bicyclic) bond motifs is 3. The molecule has 4 rings (SSSR count). The summed E-state index contributed by atoms with van der Waals surface area (Å²) in [7, 11) is 0. The van der Waals surface area contributed by atoms with Crippen LogP contribution in [0.25, 0.3) is 0 Å². The Hall–Kier alpha value is -0.120. The van der Waals surface area contributed by atoms with Gasteiger partial charge < -0.3 is 5.32 Å². The van der Waals surface area contributed by atoms with Gasteiger partial charge in [-0.25, -0.2) is 0 Å². The molecule has 3 heterocycles. The van der Waals surface area contributed by atoms with E-state index in [1.54, 1.807) is 0 Å². The van der Waals surface area contributed by atoms with E-state index in [1.165, 1.54) is 77.8 Å². The van der Waals surface area contributed by atoms with E-state index in [1.807, 2.05) is 0 Å². The number of rotatable bonds is 6. The van der Waals surface area contributed by atoms with Gasteiger partial charge in [-0.2, -0.15) is 0 Å². The Kier molecular flexibility index (Phi) is 5.58. The lowest BCUT2D eigenvalue weighted by Gasteiger charge is -2.52. The molecule has 2 atom stereocenters. The van der Waals surface area contributed by atoms with Crippen molar-refractivity contribution in [3.63, 3.8) is 0 Å². The molecule has 3 nitrogen and oxygen atoms in total. The van der Waals surface area contributed by atoms with Crippen molar-refractivity contribution >= 4 is 0 Å². The van der Waals surface area contributed by atoms with E-state index in [9.17, 15) is 0 Å². The summed E-state index contributed by atoms with van der Waals surface area (Å²) in [5.74, 6) is 1.94. The molecule has 0 aromatic carbocycles. The van der Waals surface area contributed by atoms with Crippen LogP contribution in [0, 0.1) is 11.8 Å². The maximum Gasteiger partial charge on any atom is 0.0380 e. The van der Waals surface area contributed by atoms with Crippen molar-refractivity contribution in [2.45, 2.75) is 64.5 Å². The fraction of sp³-hybridized carbons (Fsp3) is 1.00. The molecule has 1 aliphatic carbocycles.